The van der Waals surface area contributed by atoms with Gasteiger partial charge in [-0.05, 0) is 42.5 Å². The predicted molar refractivity (Wildman–Crippen MR) is 101 cm³/mol. The number of hydrogen-bond donors (Lipinski definition) is 1. The quantitative estimate of drug-likeness (QED) is 0.469. The lowest BCUT2D eigenvalue weighted by Crippen LogP contribution is -1.90. The molecule has 0 spiro atoms. The Hall–Kier alpha value is -3.13. The molecule has 0 atom stereocenters. The number of hydrogen-bond acceptors (Lipinski definition) is 1. The monoisotopic (exact) mass is 327 g/mol. The molecule has 0 bridgehead atoms. The van der Waals surface area contributed by atoms with Crippen molar-refractivity contribution < 1.29 is 0 Å². The molecule has 0 aliphatic heterocycles. The minimum absolute atomic E-state index is 0.572. The fourth-order valence-corrected chi connectivity index (χ4v) is 2.32. The molecule has 0 aromatic heterocycles. The van der Waals surface area contributed by atoms with Gasteiger partial charge in [-0.1, -0.05) is 65.6 Å². The summed E-state index contributed by atoms with van der Waals surface area (Å²) >= 11 is 5.91. The zero-order valence-electron chi connectivity index (χ0n) is 12.9. The van der Waals surface area contributed by atoms with Gasteiger partial charge in [-0.3, -0.25) is 0 Å². The van der Waals surface area contributed by atoms with Gasteiger partial charge in [0, 0.05) is 33.0 Å². The van der Waals surface area contributed by atoms with E-state index >= 15 is 0 Å². The summed E-state index contributed by atoms with van der Waals surface area (Å²) in [5, 5.41) is 0.604. The third kappa shape index (κ3) is 3.99. The summed E-state index contributed by atoms with van der Waals surface area (Å²) in [5.74, 6) is 12.6. The molecule has 0 amide bonds. The number of rotatable bonds is 0. The van der Waals surface area contributed by atoms with Gasteiger partial charge in [0.05, 0.1) is 0 Å². The second-order valence-electron chi connectivity index (χ2n) is 5.14. The van der Waals surface area contributed by atoms with Crippen LogP contribution < -0.4 is 5.73 Å². The average molecular weight is 328 g/mol. The lowest BCUT2D eigenvalue weighted by atomic mass is 10.1. The number of anilines is 1. The summed E-state index contributed by atoms with van der Waals surface area (Å²) in [6.45, 7) is 0. The van der Waals surface area contributed by atoms with E-state index in [1.807, 2.05) is 60.7 Å². The van der Waals surface area contributed by atoms with Crippen LogP contribution >= 0.6 is 11.6 Å². The second kappa shape index (κ2) is 7.42. The minimum atomic E-state index is 0.572. The Balaban J connectivity index is 1.94. The van der Waals surface area contributed by atoms with Crippen molar-refractivity contribution in [1.29, 1.82) is 0 Å². The van der Waals surface area contributed by atoms with Gasteiger partial charge >= 0.3 is 0 Å². The van der Waals surface area contributed by atoms with Crippen LogP contribution in [0.5, 0.6) is 0 Å². The largest absolute Gasteiger partial charge is 0.398 e. The van der Waals surface area contributed by atoms with Crippen LogP contribution in [-0.2, 0) is 0 Å². The van der Waals surface area contributed by atoms with E-state index in [2.05, 4.69) is 23.7 Å². The summed E-state index contributed by atoms with van der Waals surface area (Å²) in [4.78, 5) is 0. The maximum Gasteiger partial charge on any atom is 0.0488 e. The van der Waals surface area contributed by atoms with E-state index in [0.717, 1.165) is 22.3 Å². The van der Waals surface area contributed by atoms with Crippen molar-refractivity contribution in [2.45, 2.75) is 0 Å². The van der Waals surface area contributed by atoms with Crippen molar-refractivity contribution in [3.8, 4) is 23.7 Å². The molecule has 3 aromatic rings. The zero-order chi connectivity index (χ0) is 16.8. The highest BCUT2D eigenvalue weighted by atomic mass is 35.5. The van der Waals surface area contributed by atoms with Gasteiger partial charge in [-0.15, -0.1) is 0 Å². The average Bonchev–Trinajstić information content (AvgIpc) is 2.61. The molecule has 2 heteroatoms. The third-order valence-corrected chi connectivity index (χ3v) is 3.62. The molecule has 0 saturated heterocycles. The fourth-order valence-electron chi connectivity index (χ4n) is 2.14. The molecular formula is C22H14ClN. The normalized spacial score (nSPS) is 9.38. The highest BCUT2D eigenvalue weighted by Crippen LogP contribution is 2.17. The highest BCUT2D eigenvalue weighted by Gasteiger charge is 1.98. The summed E-state index contributed by atoms with van der Waals surface area (Å²) in [7, 11) is 0. The molecule has 0 aliphatic rings. The van der Waals surface area contributed by atoms with E-state index in [9.17, 15) is 0 Å². The molecule has 1 nitrogen and oxygen atoms in total. The number of halogens is 1. The zero-order valence-corrected chi connectivity index (χ0v) is 13.6. The minimum Gasteiger partial charge on any atom is -0.398 e. The molecule has 0 saturated carbocycles. The van der Waals surface area contributed by atoms with Crippen LogP contribution in [0.1, 0.15) is 22.3 Å². The van der Waals surface area contributed by atoms with Gasteiger partial charge in [0.1, 0.15) is 0 Å². The maximum absolute atomic E-state index is 5.94. The van der Waals surface area contributed by atoms with Crippen molar-refractivity contribution >= 4 is 17.3 Å². The van der Waals surface area contributed by atoms with E-state index in [1.165, 1.54) is 0 Å². The van der Waals surface area contributed by atoms with Crippen LogP contribution in [0.15, 0.2) is 72.8 Å². The number of benzene rings is 3. The fraction of sp³-hybridized carbons (Fsp3) is 0. The molecule has 3 rings (SSSR count). The molecule has 0 fully saturated rings. The van der Waals surface area contributed by atoms with Crippen LogP contribution in [0.25, 0.3) is 0 Å². The predicted octanol–water partition coefficient (Wildman–Crippen LogP) is 4.72. The van der Waals surface area contributed by atoms with Crippen molar-refractivity contribution in [1.82, 2.24) is 0 Å². The first kappa shape index (κ1) is 15.8. The van der Waals surface area contributed by atoms with Crippen LogP contribution in [0.3, 0.4) is 0 Å². The van der Waals surface area contributed by atoms with E-state index in [1.54, 1.807) is 12.1 Å². The van der Waals surface area contributed by atoms with E-state index in [-0.39, 0.29) is 0 Å². The highest BCUT2D eigenvalue weighted by molar-refractivity contribution is 6.30. The van der Waals surface area contributed by atoms with Gasteiger partial charge < -0.3 is 5.73 Å². The van der Waals surface area contributed by atoms with Gasteiger partial charge in [0.15, 0.2) is 0 Å². The Labute approximate surface area is 147 Å². The Kier molecular flexibility index (Phi) is 4.87. The SMILES string of the molecule is Nc1cc(Cl)ccc1C#Cc1ccccc1C#Cc1ccccc1. The molecule has 0 radical (unpaired) electrons. The van der Waals surface area contributed by atoms with Gasteiger partial charge in [-0.25, -0.2) is 0 Å². The molecule has 0 heterocycles. The maximum atomic E-state index is 5.94. The molecule has 0 aliphatic carbocycles. The van der Waals surface area contributed by atoms with Crippen molar-refractivity contribution in [2.75, 3.05) is 5.73 Å². The first-order chi connectivity index (χ1) is 11.7. The summed E-state index contributed by atoms with van der Waals surface area (Å²) in [6.07, 6.45) is 0. The Morgan fingerprint density at radius 2 is 1.21 bits per heavy atom. The third-order valence-electron chi connectivity index (χ3n) is 3.39. The van der Waals surface area contributed by atoms with Crippen LogP contribution in [0.4, 0.5) is 5.69 Å². The summed E-state index contributed by atoms with van der Waals surface area (Å²) in [5.41, 5.74) is 10.0. The Morgan fingerprint density at radius 1 is 0.625 bits per heavy atom. The van der Waals surface area contributed by atoms with Gasteiger partial charge in [0.25, 0.3) is 0 Å². The molecule has 0 unspecified atom stereocenters. The van der Waals surface area contributed by atoms with Crippen molar-refractivity contribution in [3.63, 3.8) is 0 Å². The smallest absolute Gasteiger partial charge is 0.0488 e. The first-order valence-corrected chi connectivity index (χ1v) is 7.83. The standard InChI is InChI=1S/C22H14ClN/c23-21-15-14-20(22(24)16-21)13-12-19-9-5-4-8-18(19)11-10-17-6-2-1-3-7-17/h1-9,14-16H,24H2. The van der Waals surface area contributed by atoms with E-state index in [0.29, 0.717) is 10.7 Å². The van der Waals surface area contributed by atoms with Crippen molar-refractivity contribution in [3.05, 3.63) is 100 Å². The van der Waals surface area contributed by atoms with Crippen molar-refractivity contribution in [2.24, 2.45) is 0 Å². The number of nitrogens with two attached hydrogens (primary N) is 1. The van der Waals surface area contributed by atoms with Crippen LogP contribution in [-0.4, -0.2) is 0 Å². The lowest BCUT2D eigenvalue weighted by molar-refractivity contribution is 1.57. The summed E-state index contributed by atoms with van der Waals surface area (Å²) in [6, 6.07) is 23.0. The van der Waals surface area contributed by atoms with Gasteiger partial charge in [-0.2, -0.15) is 0 Å². The molecule has 3 aromatic carbocycles. The van der Waals surface area contributed by atoms with Crippen LogP contribution in [0, 0.1) is 23.7 Å². The first-order valence-electron chi connectivity index (χ1n) is 7.45. The molecule has 114 valence electrons. The molecule has 2 N–H and O–H groups in total. The van der Waals surface area contributed by atoms with Gasteiger partial charge in [0.2, 0.25) is 0 Å². The Bertz CT molecular complexity index is 983. The topological polar surface area (TPSA) is 26.0 Å². The van der Waals surface area contributed by atoms with E-state index in [4.69, 9.17) is 17.3 Å². The lowest BCUT2D eigenvalue weighted by Gasteiger charge is -1.99. The second-order valence-corrected chi connectivity index (χ2v) is 5.58. The van der Waals surface area contributed by atoms with E-state index < -0.39 is 0 Å². The number of nitrogen functional groups attached to an aromatic ring is 1. The molecule has 24 heavy (non-hydrogen) atoms. The van der Waals surface area contributed by atoms with Crippen LogP contribution in [0.2, 0.25) is 5.02 Å². The Morgan fingerprint density at radius 3 is 1.88 bits per heavy atom. The molecular weight excluding hydrogens is 314 g/mol. The summed E-state index contributed by atoms with van der Waals surface area (Å²) < 4.78 is 0.